The molecule has 0 aliphatic rings. The van der Waals surface area contributed by atoms with Crippen molar-refractivity contribution in [2.45, 2.75) is 31.3 Å². The fourth-order valence-electron chi connectivity index (χ4n) is 3.75. The highest BCUT2D eigenvalue weighted by Gasteiger charge is 2.48. The average Bonchev–Trinajstić information content (AvgIpc) is 2.65. The summed E-state index contributed by atoms with van der Waals surface area (Å²) in [5.41, 5.74) is 1.64. The molecule has 0 heterocycles. The van der Waals surface area contributed by atoms with Gasteiger partial charge in [-0.2, -0.15) is 0 Å². The fourth-order valence-corrected chi connectivity index (χ4v) is 3.75. The summed E-state index contributed by atoms with van der Waals surface area (Å²) in [6.07, 6.45) is 0.463. The Kier molecular flexibility index (Phi) is 7.17. The van der Waals surface area contributed by atoms with Crippen LogP contribution in [0.1, 0.15) is 35.6 Å². The molecule has 0 spiro atoms. The van der Waals surface area contributed by atoms with Crippen LogP contribution in [0.15, 0.2) is 54.6 Å². The molecule has 27 heavy (non-hydrogen) atoms. The first-order valence-electron chi connectivity index (χ1n) is 9.46. The highest BCUT2D eigenvalue weighted by atomic mass is 16.3. The Morgan fingerprint density at radius 3 is 2.15 bits per heavy atom. The predicted molar refractivity (Wildman–Crippen MR) is 111 cm³/mol. The van der Waals surface area contributed by atoms with Crippen molar-refractivity contribution < 1.29 is 9.90 Å². The molecule has 2 aromatic carbocycles. The van der Waals surface area contributed by atoms with Gasteiger partial charge in [0.1, 0.15) is 5.41 Å². The molecule has 2 unspecified atom stereocenters. The number of aryl methyl sites for hydroxylation is 1. The molecule has 146 valence electrons. The molecule has 0 bridgehead atoms. The Hall–Kier alpha value is -2.17. The Morgan fingerprint density at radius 1 is 1.00 bits per heavy atom. The third-order valence-electron chi connectivity index (χ3n) is 5.20. The minimum Gasteiger partial charge on any atom is -0.387 e. The van der Waals surface area contributed by atoms with Crippen molar-refractivity contribution >= 4 is 5.91 Å². The number of hydrogen-bond donors (Lipinski definition) is 1. The third kappa shape index (κ3) is 4.57. The van der Waals surface area contributed by atoms with Crippen molar-refractivity contribution in [1.29, 1.82) is 0 Å². The first-order valence-corrected chi connectivity index (χ1v) is 9.46. The number of benzene rings is 2. The Labute approximate surface area is 163 Å². The maximum atomic E-state index is 13.5. The first kappa shape index (κ1) is 21.1. The molecular weight excluding hydrogens is 336 g/mol. The van der Waals surface area contributed by atoms with E-state index in [4.69, 9.17) is 0 Å². The van der Waals surface area contributed by atoms with Gasteiger partial charge in [0.2, 0.25) is 5.91 Å². The highest BCUT2D eigenvalue weighted by molar-refractivity contribution is 5.89. The van der Waals surface area contributed by atoms with E-state index in [0.29, 0.717) is 6.42 Å². The second-order valence-corrected chi connectivity index (χ2v) is 7.70. The topological polar surface area (TPSA) is 43.8 Å². The number of carbonyl (C=O) groups is 1. The van der Waals surface area contributed by atoms with Gasteiger partial charge in [0.05, 0.1) is 6.10 Å². The van der Waals surface area contributed by atoms with Gasteiger partial charge in [0.25, 0.3) is 0 Å². The number of carbonyl (C=O) groups excluding carboxylic acids is 1. The lowest BCUT2D eigenvalue weighted by Crippen LogP contribution is -2.48. The van der Waals surface area contributed by atoms with Crippen molar-refractivity contribution in [3.63, 3.8) is 0 Å². The van der Waals surface area contributed by atoms with Crippen LogP contribution in [0.5, 0.6) is 0 Å². The monoisotopic (exact) mass is 368 g/mol. The van der Waals surface area contributed by atoms with Crippen molar-refractivity contribution in [3.8, 4) is 0 Å². The van der Waals surface area contributed by atoms with E-state index in [-0.39, 0.29) is 5.91 Å². The first-order chi connectivity index (χ1) is 12.8. The molecule has 0 saturated carbocycles. The van der Waals surface area contributed by atoms with E-state index in [9.17, 15) is 9.90 Å². The normalized spacial score (nSPS) is 14.6. The summed E-state index contributed by atoms with van der Waals surface area (Å²) in [5, 5.41) is 11.6. The molecule has 2 rings (SSSR count). The Morgan fingerprint density at radius 2 is 1.59 bits per heavy atom. The van der Waals surface area contributed by atoms with Crippen molar-refractivity contribution in [2.75, 3.05) is 34.7 Å². The summed E-state index contributed by atoms with van der Waals surface area (Å²) in [6, 6.07) is 17.5. The lowest BCUT2D eigenvalue weighted by molar-refractivity contribution is -0.140. The second kappa shape index (κ2) is 9.16. The molecule has 0 fully saturated rings. The summed E-state index contributed by atoms with van der Waals surface area (Å²) in [6.45, 7) is 2.84. The Bertz CT molecular complexity index is 743. The zero-order valence-corrected chi connectivity index (χ0v) is 17.1. The van der Waals surface area contributed by atoms with Crippen LogP contribution in [0, 0.1) is 6.92 Å². The molecular formula is C23H32N2O2. The van der Waals surface area contributed by atoms with E-state index in [1.54, 1.807) is 19.0 Å². The number of amides is 1. The van der Waals surface area contributed by atoms with Gasteiger partial charge >= 0.3 is 0 Å². The Balaban J connectivity index is 2.62. The van der Waals surface area contributed by atoms with Crippen LogP contribution in [0.4, 0.5) is 0 Å². The zero-order chi connectivity index (χ0) is 20.0. The number of aliphatic hydroxyl groups excluding tert-OH is 1. The predicted octanol–water partition coefficient (Wildman–Crippen LogP) is 3.40. The minimum atomic E-state index is -1.02. The summed E-state index contributed by atoms with van der Waals surface area (Å²) < 4.78 is 0. The molecule has 0 aliphatic heterocycles. The van der Waals surface area contributed by atoms with Gasteiger partial charge in [-0.3, -0.25) is 4.79 Å². The SMILES string of the molecule is Cc1ccccc1C(O)C(CCCN(C)C)(C(=O)N(C)C)c1ccccc1. The van der Waals surface area contributed by atoms with Gasteiger partial charge in [-0.25, -0.2) is 0 Å². The average molecular weight is 369 g/mol. The summed E-state index contributed by atoms with van der Waals surface area (Å²) in [4.78, 5) is 17.2. The number of likely N-dealkylation sites (N-methyl/N-ethyl adjacent to an activating group) is 1. The third-order valence-corrected chi connectivity index (χ3v) is 5.20. The molecule has 4 heteroatoms. The minimum absolute atomic E-state index is 0.0665. The van der Waals surface area contributed by atoms with Gasteiger partial charge in [-0.05, 0) is 57.1 Å². The number of rotatable bonds is 8. The van der Waals surface area contributed by atoms with Gasteiger partial charge in [-0.1, -0.05) is 54.6 Å². The number of aliphatic hydroxyl groups is 1. The van der Waals surface area contributed by atoms with Crippen LogP contribution in [-0.2, 0) is 10.2 Å². The summed E-state index contributed by atoms with van der Waals surface area (Å²) in [5.74, 6) is -0.0665. The van der Waals surface area contributed by atoms with Gasteiger partial charge < -0.3 is 14.9 Å². The molecule has 1 N–H and O–H groups in total. The van der Waals surface area contributed by atoms with Gasteiger partial charge in [0, 0.05) is 14.1 Å². The van der Waals surface area contributed by atoms with E-state index in [2.05, 4.69) is 4.90 Å². The van der Waals surface area contributed by atoms with E-state index < -0.39 is 11.5 Å². The maximum absolute atomic E-state index is 13.5. The molecule has 0 radical (unpaired) electrons. The highest BCUT2D eigenvalue weighted by Crippen LogP contribution is 2.43. The van der Waals surface area contributed by atoms with Gasteiger partial charge in [-0.15, -0.1) is 0 Å². The van der Waals surface area contributed by atoms with E-state index in [1.165, 1.54) is 0 Å². The summed E-state index contributed by atoms with van der Waals surface area (Å²) >= 11 is 0. The van der Waals surface area contributed by atoms with Crippen LogP contribution < -0.4 is 0 Å². The fraction of sp³-hybridized carbons (Fsp3) is 0.435. The lowest BCUT2D eigenvalue weighted by atomic mass is 9.68. The summed E-state index contributed by atoms with van der Waals surface area (Å²) in [7, 11) is 7.57. The van der Waals surface area contributed by atoms with Crippen LogP contribution >= 0.6 is 0 Å². The van der Waals surface area contributed by atoms with Crippen LogP contribution in [0.25, 0.3) is 0 Å². The zero-order valence-electron chi connectivity index (χ0n) is 17.1. The van der Waals surface area contributed by atoms with Crippen LogP contribution in [-0.4, -0.2) is 55.5 Å². The molecule has 0 saturated heterocycles. The molecule has 0 aromatic heterocycles. The number of hydrogen-bond acceptors (Lipinski definition) is 3. The molecule has 4 nitrogen and oxygen atoms in total. The van der Waals surface area contributed by atoms with Crippen molar-refractivity contribution in [3.05, 3.63) is 71.3 Å². The van der Waals surface area contributed by atoms with E-state index >= 15 is 0 Å². The quantitative estimate of drug-likeness (QED) is 0.777. The molecule has 2 aromatic rings. The van der Waals surface area contributed by atoms with E-state index in [1.807, 2.05) is 75.6 Å². The largest absolute Gasteiger partial charge is 0.387 e. The second-order valence-electron chi connectivity index (χ2n) is 7.70. The van der Waals surface area contributed by atoms with Crippen molar-refractivity contribution in [1.82, 2.24) is 9.80 Å². The molecule has 2 atom stereocenters. The van der Waals surface area contributed by atoms with Crippen LogP contribution in [0.2, 0.25) is 0 Å². The smallest absolute Gasteiger partial charge is 0.235 e. The molecule has 0 aliphatic carbocycles. The van der Waals surface area contributed by atoms with Gasteiger partial charge in [0.15, 0.2) is 0 Å². The number of nitrogens with zero attached hydrogens (tertiary/aromatic N) is 2. The molecule has 1 amide bonds. The maximum Gasteiger partial charge on any atom is 0.235 e. The van der Waals surface area contributed by atoms with Crippen molar-refractivity contribution in [2.24, 2.45) is 0 Å². The van der Waals surface area contributed by atoms with Crippen LogP contribution in [0.3, 0.4) is 0 Å². The van der Waals surface area contributed by atoms with E-state index in [0.717, 1.165) is 29.7 Å². The lowest BCUT2D eigenvalue weighted by Gasteiger charge is -2.40. The standard InChI is InChI=1S/C23H32N2O2/c1-18-12-9-10-15-20(18)21(26)23(22(27)25(4)5,16-11-17-24(2)3)19-13-7-6-8-14-19/h6-10,12-15,21,26H,11,16-17H2,1-5H3.